The predicted molar refractivity (Wildman–Crippen MR) is 155 cm³/mol. The molecule has 2 aromatic heterocycles. The van der Waals surface area contributed by atoms with E-state index in [0.717, 1.165) is 56.7 Å². The topological polar surface area (TPSA) is 90.2 Å². The molecule has 2 aliphatic heterocycles. The van der Waals surface area contributed by atoms with Gasteiger partial charge in [0.15, 0.2) is 11.0 Å². The van der Waals surface area contributed by atoms with Gasteiger partial charge in [-0.25, -0.2) is 29.3 Å². The molecule has 0 atom stereocenters. The number of halogens is 3. The van der Waals surface area contributed by atoms with E-state index >= 15 is 0 Å². The van der Waals surface area contributed by atoms with Gasteiger partial charge >= 0.3 is 0 Å². The van der Waals surface area contributed by atoms with Gasteiger partial charge in [-0.3, -0.25) is 9.29 Å². The van der Waals surface area contributed by atoms with Crippen molar-refractivity contribution >= 4 is 41.9 Å². The van der Waals surface area contributed by atoms with Crippen molar-refractivity contribution in [3.63, 3.8) is 0 Å². The fourth-order valence-electron chi connectivity index (χ4n) is 4.49. The van der Waals surface area contributed by atoms with Crippen molar-refractivity contribution in [2.24, 2.45) is 15.0 Å². The average Bonchev–Trinajstić information content (AvgIpc) is 3.81. The van der Waals surface area contributed by atoms with E-state index < -0.39 is 0 Å². The molecule has 2 aromatic rings. The molecule has 8 nitrogen and oxygen atoms in total. The standard InChI is InChI=1S/C27H30ClFN8.CH3F/c1-17-22(29)6-8-24(34-17)35-23-7-5-19(9-10-32-23)27(30-2)36-25-21(16-37-13-11-31-12-14-37)20(18-3-4-18)15-33-26(25)28;1-2/h6-10,15,18,31H,2-5,11-14,16H2,1H3,(H,34,35);1H3. The molecule has 4 heterocycles. The largest absolute Gasteiger partial charge is 0.325 e. The number of pyridine rings is 2. The summed E-state index contributed by atoms with van der Waals surface area (Å²) in [5, 5.41) is 6.91. The summed E-state index contributed by atoms with van der Waals surface area (Å²) in [5.41, 5.74) is 4.20. The van der Waals surface area contributed by atoms with E-state index in [2.05, 4.69) is 42.2 Å². The van der Waals surface area contributed by atoms with Crippen LogP contribution in [0.4, 0.5) is 20.3 Å². The van der Waals surface area contributed by atoms with Crippen molar-refractivity contribution in [3.8, 4) is 0 Å². The van der Waals surface area contributed by atoms with Gasteiger partial charge in [-0.1, -0.05) is 11.6 Å². The molecule has 2 fully saturated rings. The number of allylic oxidation sites excluding steroid dienone is 2. The zero-order valence-electron chi connectivity index (χ0n) is 22.2. The second-order valence-corrected chi connectivity index (χ2v) is 9.74. The molecule has 0 aromatic carbocycles. The van der Waals surface area contributed by atoms with Crippen molar-refractivity contribution < 1.29 is 8.78 Å². The number of anilines is 1. The molecule has 5 rings (SSSR count). The first kappa shape index (κ1) is 28.7. The smallest absolute Gasteiger partial charge is 0.155 e. The quantitative estimate of drug-likeness (QED) is 0.267. The number of piperazine rings is 1. The van der Waals surface area contributed by atoms with Gasteiger partial charge in [-0.15, -0.1) is 0 Å². The maximum atomic E-state index is 13.6. The molecule has 1 saturated heterocycles. The van der Waals surface area contributed by atoms with Crippen LogP contribution in [0.2, 0.25) is 5.15 Å². The normalized spacial score (nSPS) is 17.9. The van der Waals surface area contributed by atoms with E-state index in [4.69, 9.17) is 16.6 Å². The van der Waals surface area contributed by atoms with E-state index in [1.54, 1.807) is 19.2 Å². The lowest BCUT2D eigenvalue weighted by molar-refractivity contribution is 0.233. The molecule has 1 saturated carbocycles. The summed E-state index contributed by atoms with van der Waals surface area (Å²) < 4.78 is 23.1. The summed E-state index contributed by atoms with van der Waals surface area (Å²) >= 11 is 6.64. The van der Waals surface area contributed by atoms with Crippen LogP contribution in [-0.4, -0.2) is 67.0 Å². The Morgan fingerprint density at radius 1 is 1.26 bits per heavy atom. The molecule has 2 N–H and O–H groups in total. The Kier molecular flexibility index (Phi) is 10.0. The second-order valence-electron chi connectivity index (χ2n) is 9.38. The number of aliphatic imine (C=N–C) groups is 3. The molecule has 206 valence electrons. The summed E-state index contributed by atoms with van der Waals surface area (Å²) in [7, 11) is 0.500. The van der Waals surface area contributed by atoms with Gasteiger partial charge in [-0.2, -0.15) is 0 Å². The fourth-order valence-corrected chi connectivity index (χ4v) is 4.69. The second kappa shape index (κ2) is 13.6. The van der Waals surface area contributed by atoms with Crippen LogP contribution in [0.1, 0.15) is 42.0 Å². The summed E-state index contributed by atoms with van der Waals surface area (Å²) in [6.07, 6.45) is 10.2. The Bertz CT molecular complexity index is 1310. The molecule has 0 unspecified atom stereocenters. The highest BCUT2D eigenvalue weighted by molar-refractivity contribution is 6.32. The average molecular weight is 555 g/mol. The predicted octanol–water partition coefficient (Wildman–Crippen LogP) is 5.53. The van der Waals surface area contributed by atoms with Crippen molar-refractivity contribution in [1.82, 2.24) is 20.2 Å². The lowest BCUT2D eigenvalue weighted by Gasteiger charge is -2.28. The first-order valence-corrected chi connectivity index (χ1v) is 13.3. The number of hydrogen-bond donors (Lipinski definition) is 2. The highest BCUT2D eigenvalue weighted by Crippen LogP contribution is 2.45. The molecule has 39 heavy (non-hydrogen) atoms. The Balaban J connectivity index is 0.00000172. The fraction of sp³-hybridized carbons (Fsp3) is 0.393. The van der Waals surface area contributed by atoms with Gasteiger partial charge in [-0.05, 0) is 68.7 Å². The number of amidine groups is 1. The summed E-state index contributed by atoms with van der Waals surface area (Å²) in [5.74, 6) is 1.77. The number of rotatable bonds is 7. The van der Waals surface area contributed by atoms with Crippen LogP contribution in [-0.2, 0) is 6.54 Å². The third-order valence-electron chi connectivity index (χ3n) is 6.69. The number of nitrogens with zero attached hydrogens (tertiary/aromatic N) is 6. The van der Waals surface area contributed by atoms with Gasteiger partial charge in [0.2, 0.25) is 0 Å². The Hall–Kier alpha value is -3.34. The van der Waals surface area contributed by atoms with E-state index in [9.17, 15) is 8.78 Å². The van der Waals surface area contributed by atoms with E-state index in [1.165, 1.54) is 11.6 Å². The first-order valence-electron chi connectivity index (χ1n) is 12.9. The molecule has 0 amide bonds. The van der Waals surface area contributed by atoms with Crippen molar-refractivity contribution in [1.29, 1.82) is 0 Å². The molecule has 0 bridgehead atoms. The Morgan fingerprint density at radius 3 is 2.72 bits per heavy atom. The molecule has 3 aliphatic rings. The minimum atomic E-state index is -0.346. The van der Waals surface area contributed by atoms with E-state index in [0.29, 0.717) is 53.5 Å². The van der Waals surface area contributed by atoms with Gasteiger partial charge in [0.25, 0.3) is 0 Å². The van der Waals surface area contributed by atoms with Crippen molar-refractivity contribution in [3.05, 3.63) is 69.7 Å². The molecular formula is C28H33ClF2N8. The molecule has 11 heteroatoms. The van der Waals surface area contributed by atoms with Gasteiger partial charge in [0.05, 0.1) is 12.9 Å². The first-order chi connectivity index (χ1) is 19.0. The summed E-state index contributed by atoms with van der Waals surface area (Å²) in [6.45, 7) is 10.1. The maximum Gasteiger partial charge on any atom is 0.155 e. The number of aromatic nitrogens is 2. The number of nitrogens with one attached hydrogen (secondary N) is 2. The third kappa shape index (κ3) is 7.40. The zero-order valence-corrected chi connectivity index (χ0v) is 23.0. The molecular weight excluding hydrogens is 522 g/mol. The van der Waals surface area contributed by atoms with Crippen molar-refractivity contribution in [2.75, 3.05) is 38.7 Å². The van der Waals surface area contributed by atoms with E-state index in [-0.39, 0.29) is 5.82 Å². The lowest BCUT2D eigenvalue weighted by Crippen LogP contribution is -2.43. The van der Waals surface area contributed by atoms with Crippen LogP contribution >= 0.6 is 11.6 Å². The van der Waals surface area contributed by atoms with Crippen LogP contribution in [0.15, 0.2) is 56.9 Å². The summed E-state index contributed by atoms with van der Waals surface area (Å²) in [4.78, 5) is 24.8. The van der Waals surface area contributed by atoms with Crippen LogP contribution in [0.5, 0.6) is 0 Å². The van der Waals surface area contributed by atoms with Gasteiger partial charge < -0.3 is 10.6 Å². The number of aryl methyl sites for hydroxylation is 1. The SMILES string of the molecule is C=NC(=Nc1c(Cl)ncc(C2CC2)c1CN1CCNCC1)C1=CC=NC(Nc2ccc(F)c(C)n2)=CC1.CF. The Morgan fingerprint density at radius 2 is 2.03 bits per heavy atom. The Labute approximate surface area is 232 Å². The minimum absolute atomic E-state index is 0.322. The third-order valence-corrected chi connectivity index (χ3v) is 6.97. The maximum absolute atomic E-state index is 13.6. The molecule has 0 spiro atoms. The van der Waals surface area contributed by atoms with Crippen LogP contribution in [0.25, 0.3) is 0 Å². The number of alkyl halides is 1. The van der Waals surface area contributed by atoms with Crippen LogP contribution < -0.4 is 10.6 Å². The highest BCUT2D eigenvalue weighted by atomic mass is 35.5. The zero-order chi connectivity index (χ0) is 27.8. The van der Waals surface area contributed by atoms with Crippen LogP contribution in [0, 0.1) is 12.7 Å². The lowest BCUT2D eigenvalue weighted by atomic mass is 10.0. The van der Waals surface area contributed by atoms with Gasteiger partial charge in [0, 0.05) is 56.3 Å². The van der Waals surface area contributed by atoms with E-state index in [1.807, 2.05) is 18.3 Å². The minimum Gasteiger partial charge on any atom is -0.325 e. The highest BCUT2D eigenvalue weighted by Gasteiger charge is 2.30. The van der Waals surface area contributed by atoms with Gasteiger partial charge in [0.1, 0.15) is 23.1 Å². The number of hydrogen-bond acceptors (Lipinski definition) is 7. The van der Waals surface area contributed by atoms with Crippen molar-refractivity contribution in [2.45, 2.75) is 38.6 Å². The monoisotopic (exact) mass is 554 g/mol. The molecule has 0 radical (unpaired) electrons. The molecule has 1 aliphatic carbocycles. The van der Waals surface area contributed by atoms with Crippen LogP contribution in [0.3, 0.4) is 0 Å². The summed E-state index contributed by atoms with van der Waals surface area (Å²) in [6, 6.07) is 2.96.